The van der Waals surface area contributed by atoms with Crippen LogP contribution in [0, 0.1) is 12.8 Å². The Kier molecular flexibility index (Phi) is 36.3. The molecule has 0 aromatic heterocycles. The number of carbonyl (C=O) groups excluding carboxylic acids is 2. The van der Waals surface area contributed by atoms with Crippen LogP contribution in [-0.2, 0) is 9.47 Å². The molecule has 0 spiro atoms. The van der Waals surface area contributed by atoms with Gasteiger partial charge in [0, 0.05) is 5.02 Å². The minimum Gasteiger partial charge on any atom is -0.478 e. The number of aryl methyl sites for hydroxylation is 1. The lowest BCUT2D eigenvalue weighted by atomic mass is 10.0. The summed E-state index contributed by atoms with van der Waals surface area (Å²) in [5.74, 6) is -1.77. The summed E-state index contributed by atoms with van der Waals surface area (Å²) in [7, 11) is 1.39. The molecule has 0 bridgehead atoms. The van der Waals surface area contributed by atoms with E-state index in [1.54, 1.807) is 42.5 Å². The van der Waals surface area contributed by atoms with E-state index in [0.717, 1.165) is 50.2 Å². The van der Waals surface area contributed by atoms with Crippen molar-refractivity contribution in [3.8, 4) is 22.3 Å². The van der Waals surface area contributed by atoms with E-state index in [-0.39, 0.29) is 11.9 Å². The van der Waals surface area contributed by atoms with E-state index in [0.29, 0.717) is 34.8 Å². The second-order valence-electron chi connectivity index (χ2n) is 31.1. The third-order valence-electron chi connectivity index (χ3n) is 21.8. The van der Waals surface area contributed by atoms with Gasteiger partial charge in [-0.2, -0.15) is 0 Å². The Labute approximate surface area is 772 Å². The number of benzene rings is 21. The topological polar surface area (TPSA) is 127 Å². The van der Waals surface area contributed by atoms with Gasteiger partial charge in [0.25, 0.3) is 0 Å². The van der Waals surface area contributed by atoms with Crippen LogP contribution in [-0.4, -0.2) is 47.8 Å². The molecule has 648 valence electrons. The lowest BCUT2D eigenvalue weighted by Gasteiger charge is -2.14. The monoisotopic (exact) mass is 1730 g/mol. The lowest BCUT2D eigenvalue weighted by molar-refractivity contribution is 0.0427. The predicted octanol–water partition coefficient (Wildman–Crippen LogP) is 33.1. The zero-order valence-corrected chi connectivity index (χ0v) is 74.8. The number of halogens is 1. The van der Waals surface area contributed by atoms with Gasteiger partial charge in [-0.15, -0.1) is 0 Å². The summed E-state index contributed by atoms with van der Waals surface area (Å²) in [4.78, 5) is 44.2. The van der Waals surface area contributed by atoms with Gasteiger partial charge in [-0.25, -0.2) is 19.2 Å². The van der Waals surface area contributed by atoms with Crippen molar-refractivity contribution in [2.45, 2.75) is 46.5 Å². The molecule has 21 aromatic rings. The molecule has 8 nitrogen and oxygen atoms in total. The fourth-order valence-corrected chi connectivity index (χ4v) is 14.7. The maximum atomic E-state index is 11.7. The second-order valence-corrected chi connectivity index (χ2v) is 31.5. The maximum absolute atomic E-state index is 11.7. The number of unbranched alkanes of at least 4 members (excludes halogenated alkanes) is 1. The number of esters is 2. The Morgan fingerprint density at radius 1 is 0.260 bits per heavy atom. The highest BCUT2D eigenvalue weighted by atomic mass is 35.5. The number of rotatable bonds is 12. The number of carboxylic acids is 2. The van der Waals surface area contributed by atoms with E-state index in [4.69, 9.17) is 26.6 Å². The van der Waals surface area contributed by atoms with Crippen molar-refractivity contribution in [3.05, 3.63) is 518 Å². The third kappa shape index (κ3) is 29.3. The largest absolute Gasteiger partial charge is 0.478 e. The Morgan fingerprint density at radius 3 is 0.786 bits per heavy atom. The molecule has 0 aliphatic heterocycles. The first kappa shape index (κ1) is 94.3. The van der Waals surface area contributed by atoms with Crippen molar-refractivity contribution >= 4 is 132 Å². The van der Waals surface area contributed by atoms with Gasteiger partial charge in [0.05, 0.1) is 36.0 Å². The van der Waals surface area contributed by atoms with Crippen LogP contribution in [0.25, 0.3) is 119 Å². The summed E-state index contributed by atoms with van der Waals surface area (Å²) >= 11 is 5.54. The summed E-state index contributed by atoms with van der Waals surface area (Å²) in [6.45, 7) is 7.00. The summed E-state index contributed by atoms with van der Waals surface area (Å²) in [5, 5.41) is 40.3. The first-order chi connectivity index (χ1) is 64.1. The van der Waals surface area contributed by atoms with Crippen molar-refractivity contribution in [2.75, 3.05) is 13.7 Å². The molecular weight excluding hydrogens is 1630 g/mol. The van der Waals surface area contributed by atoms with Gasteiger partial charge in [0.2, 0.25) is 0 Å². The van der Waals surface area contributed by atoms with E-state index < -0.39 is 11.9 Å². The number of carbonyl (C=O) groups is 4. The van der Waals surface area contributed by atoms with Gasteiger partial charge in [-0.05, 0) is 223 Å². The van der Waals surface area contributed by atoms with Gasteiger partial charge in [0.1, 0.15) is 0 Å². The van der Waals surface area contributed by atoms with Crippen molar-refractivity contribution in [3.63, 3.8) is 0 Å². The Bertz CT molecular complexity index is 6650. The van der Waals surface area contributed by atoms with Crippen molar-refractivity contribution in [1.82, 2.24) is 0 Å². The van der Waals surface area contributed by atoms with Gasteiger partial charge >= 0.3 is 23.9 Å². The lowest BCUT2D eigenvalue weighted by Crippen LogP contribution is -2.13. The molecule has 21 rings (SSSR count). The summed E-state index contributed by atoms with van der Waals surface area (Å²) in [6.07, 6.45) is 4.63. The molecule has 0 aliphatic rings. The molecule has 0 heterocycles. The zero-order valence-electron chi connectivity index (χ0n) is 74.0. The number of fused-ring (bicyclic) bond motifs is 9. The predicted molar refractivity (Wildman–Crippen MR) is 551 cm³/mol. The van der Waals surface area contributed by atoms with Gasteiger partial charge < -0.3 is 19.7 Å². The molecule has 0 saturated heterocycles. The summed E-state index contributed by atoms with van der Waals surface area (Å²) < 4.78 is 9.99. The molecule has 1 atom stereocenters. The van der Waals surface area contributed by atoms with Crippen LogP contribution < -0.4 is 0 Å². The normalized spacial score (nSPS) is 10.5. The van der Waals surface area contributed by atoms with Crippen LogP contribution >= 0.6 is 11.6 Å². The summed E-state index contributed by atoms with van der Waals surface area (Å²) in [5.41, 5.74) is 8.25. The molecule has 9 heteroatoms. The Hall–Kier alpha value is -15.9. The molecule has 0 saturated carbocycles. The standard InChI is InChI=1S/C18H14.C15H22O2.2C14H10.C12H10O2.2C11H8O2.C11H10.C10H8.C6H5Cl/c1-3-7-15(8-4-1)17-11-13-18(14-12-17)16-9-5-2-6-10-16;1-3-5-9-13(4-2)12-17-15(16)14-10-7-6-8-11-14;2*1-2-6-12-10-14-8-4-3-7-13(14)9-11(12)5-1;1-14-12(13)11-7-6-9-4-2-3-5-10(9)8-11;2*12-11(13)10-6-5-8-3-1-2-4-9(8)7-10;1-9-6-7-10-4-2-3-5-11(10)8-9;1-2-6-10-8-4-3-7-9(10)5-1;7-6-4-2-1-3-5-6/h1-14H;6-8,10-11,13H,3-5,9,12H2,1-2H3;2*1-10H;2-8H,1H3;2*1-7H,(H,12,13);2-8H,1H3;1-8H;1-5H. The second kappa shape index (κ2) is 50.5. The smallest absolute Gasteiger partial charge is 0.338 e. The fraction of sp³-hybridized carbons (Fsp3) is 0.0820. The van der Waals surface area contributed by atoms with Crippen molar-refractivity contribution < 1.29 is 38.9 Å². The molecule has 21 aromatic carbocycles. The molecule has 0 aliphatic carbocycles. The average molecular weight is 1730 g/mol. The SMILES string of the molecule is CCCCC(CC)COC(=O)c1ccccc1.COC(=O)c1ccc2ccccc2c1.Cc1ccc2ccccc2c1.Clc1ccccc1.O=C(O)c1ccc2ccccc2c1.O=C(O)c1ccc2ccccc2c1.c1ccc(-c2ccc(-c3ccccc3)cc2)cc1.c1ccc2cc3ccccc3cc2c1.c1ccc2cc3ccccc3cc2c1.c1ccc2ccccc2c1. The van der Waals surface area contributed by atoms with Gasteiger partial charge in [0.15, 0.2) is 0 Å². The number of hydrogen-bond donors (Lipinski definition) is 2. The molecule has 0 fully saturated rings. The van der Waals surface area contributed by atoms with Crippen LogP contribution in [0.3, 0.4) is 0 Å². The van der Waals surface area contributed by atoms with Crippen molar-refractivity contribution in [2.24, 2.45) is 5.92 Å². The highest BCUT2D eigenvalue weighted by Gasteiger charge is 2.13. The zero-order chi connectivity index (χ0) is 91.6. The number of aromatic carboxylic acids is 2. The van der Waals surface area contributed by atoms with Crippen molar-refractivity contribution in [1.29, 1.82) is 0 Å². The quantitative estimate of drug-likeness (QED) is 0.0915. The number of ether oxygens (including phenoxy) is 2. The molecule has 131 heavy (non-hydrogen) atoms. The highest BCUT2D eigenvalue weighted by Crippen LogP contribution is 2.28. The Balaban J connectivity index is 0.000000132. The van der Waals surface area contributed by atoms with Crippen LogP contribution in [0.5, 0.6) is 0 Å². The first-order valence-corrected chi connectivity index (χ1v) is 44.3. The molecule has 0 amide bonds. The van der Waals surface area contributed by atoms with Crippen LogP contribution in [0.4, 0.5) is 0 Å². The molecular formula is C122H105ClO8. The van der Waals surface area contributed by atoms with Crippen LogP contribution in [0.1, 0.15) is 86.5 Å². The van der Waals surface area contributed by atoms with E-state index in [1.165, 1.54) is 112 Å². The number of hydrogen-bond acceptors (Lipinski definition) is 6. The average Bonchev–Trinajstić information content (AvgIpc) is 0.805. The Morgan fingerprint density at radius 2 is 0.504 bits per heavy atom. The van der Waals surface area contributed by atoms with Crippen LogP contribution in [0.15, 0.2) is 485 Å². The molecule has 0 radical (unpaired) electrons. The fourth-order valence-electron chi connectivity index (χ4n) is 14.6. The minimum absolute atomic E-state index is 0.208. The van der Waals surface area contributed by atoms with Gasteiger partial charge in [-0.1, -0.05) is 451 Å². The number of carboxylic acid groups (broad SMARTS) is 2. The van der Waals surface area contributed by atoms with E-state index in [2.05, 4.69) is 311 Å². The maximum Gasteiger partial charge on any atom is 0.338 e. The molecule has 2 N–H and O–H groups in total. The third-order valence-corrected chi connectivity index (χ3v) is 22.0. The van der Waals surface area contributed by atoms with E-state index in [1.807, 2.05) is 158 Å². The number of methoxy groups -OCH3 is 1. The van der Waals surface area contributed by atoms with Crippen LogP contribution in [0.2, 0.25) is 5.02 Å². The first-order valence-electron chi connectivity index (χ1n) is 43.9. The summed E-state index contributed by atoms with van der Waals surface area (Å²) in [6, 6.07) is 162. The van der Waals surface area contributed by atoms with Gasteiger partial charge in [-0.3, -0.25) is 0 Å². The van der Waals surface area contributed by atoms with E-state index in [9.17, 15) is 19.2 Å². The minimum atomic E-state index is -0.884. The van der Waals surface area contributed by atoms with E-state index >= 15 is 0 Å². The highest BCUT2D eigenvalue weighted by molar-refractivity contribution is 6.30. The molecule has 1 unspecified atom stereocenters.